The number of pyridine rings is 1. The number of alkyl halides is 7. The minimum Gasteiger partial charge on any atom is -0.348 e. The van der Waals surface area contributed by atoms with Gasteiger partial charge in [-0.15, -0.1) is 0 Å². The van der Waals surface area contributed by atoms with Gasteiger partial charge in [0.25, 0.3) is 5.91 Å². The van der Waals surface area contributed by atoms with Gasteiger partial charge in [-0.25, -0.2) is 4.39 Å². The zero-order chi connectivity index (χ0) is 19.6. The molecular weight excluding hydrogens is 369 g/mol. The molecule has 0 fully saturated rings. The predicted octanol–water partition coefficient (Wildman–Crippen LogP) is 4.30. The normalized spacial score (nSPS) is 12.7. The van der Waals surface area contributed by atoms with E-state index in [1.165, 1.54) is 24.5 Å². The van der Waals surface area contributed by atoms with E-state index in [0.29, 0.717) is 12.1 Å². The molecule has 1 aromatic carbocycles. The summed E-state index contributed by atoms with van der Waals surface area (Å²) in [5.41, 5.74) is -6.64. The third-order valence-corrected chi connectivity index (χ3v) is 3.51. The van der Waals surface area contributed by atoms with E-state index in [1.807, 2.05) is 0 Å². The van der Waals surface area contributed by atoms with Crippen LogP contribution in [0.3, 0.4) is 0 Å². The van der Waals surface area contributed by atoms with Crippen molar-refractivity contribution in [3.63, 3.8) is 0 Å². The number of benzene rings is 1. The molecule has 10 heteroatoms. The van der Waals surface area contributed by atoms with Gasteiger partial charge in [-0.2, -0.15) is 26.3 Å². The molecule has 2 rings (SSSR count). The Morgan fingerprint density at radius 3 is 1.96 bits per heavy atom. The number of nitrogens with zero attached hydrogens (tertiary/aromatic N) is 1. The quantitative estimate of drug-likeness (QED) is 0.804. The Labute approximate surface area is 142 Å². The molecule has 0 aliphatic heterocycles. The molecule has 0 saturated carbocycles. The summed E-state index contributed by atoms with van der Waals surface area (Å²) in [6, 6.07) is 5.53. The van der Waals surface area contributed by atoms with Crippen molar-refractivity contribution in [3.05, 3.63) is 65.5 Å². The lowest BCUT2D eigenvalue weighted by atomic mass is 9.93. The molecule has 0 radical (unpaired) electrons. The molecule has 0 spiro atoms. The molecule has 0 atom stereocenters. The Balaban J connectivity index is 2.16. The summed E-state index contributed by atoms with van der Waals surface area (Å²) in [5.74, 6) is -0.535. The van der Waals surface area contributed by atoms with Gasteiger partial charge in [0.15, 0.2) is 0 Å². The Kier molecular flexibility index (Phi) is 5.24. The summed E-state index contributed by atoms with van der Waals surface area (Å²) < 4.78 is 89.9. The van der Waals surface area contributed by atoms with Crippen molar-refractivity contribution < 1.29 is 35.5 Å². The fourth-order valence-corrected chi connectivity index (χ4v) is 2.12. The van der Waals surface area contributed by atoms with Crippen molar-refractivity contribution in [2.24, 2.45) is 0 Å². The maximum absolute atomic E-state index is 13.9. The molecule has 0 saturated heterocycles. The standard InChI is InChI=1S/C16H11F7N2O/c17-14(15(18,19)20,16(21,22)23)12-5-3-10(4-6-12)8-25-13(26)11-2-1-7-24-9-11/h1-7,9H,8H2,(H,25,26). The number of carbonyl (C=O) groups is 1. The van der Waals surface area contributed by atoms with Crippen molar-refractivity contribution in [1.29, 1.82) is 0 Å². The van der Waals surface area contributed by atoms with E-state index in [4.69, 9.17) is 0 Å². The predicted molar refractivity (Wildman–Crippen MR) is 76.7 cm³/mol. The smallest absolute Gasteiger partial charge is 0.348 e. The van der Waals surface area contributed by atoms with Gasteiger partial charge in [-0.1, -0.05) is 24.3 Å². The van der Waals surface area contributed by atoms with Crippen molar-refractivity contribution in [2.45, 2.75) is 24.6 Å². The van der Waals surface area contributed by atoms with E-state index in [1.54, 1.807) is 0 Å². The second-order valence-corrected chi connectivity index (χ2v) is 5.28. The molecular formula is C16H11F7N2O. The van der Waals surface area contributed by atoms with Crippen molar-refractivity contribution >= 4 is 5.91 Å². The second-order valence-electron chi connectivity index (χ2n) is 5.28. The van der Waals surface area contributed by atoms with Crippen LogP contribution in [-0.2, 0) is 12.2 Å². The molecule has 0 aliphatic rings. The molecule has 0 unspecified atom stereocenters. The van der Waals surface area contributed by atoms with E-state index in [-0.39, 0.29) is 17.7 Å². The van der Waals surface area contributed by atoms with Crippen LogP contribution in [0.15, 0.2) is 48.8 Å². The Morgan fingerprint density at radius 2 is 1.50 bits per heavy atom. The molecule has 0 aliphatic carbocycles. The van der Waals surface area contributed by atoms with Crippen LogP contribution in [0, 0.1) is 0 Å². The highest BCUT2D eigenvalue weighted by atomic mass is 19.4. The third-order valence-electron chi connectivity index (χ3n) is 3.51. The zero-order valence-electron chi connectivity index (χ0n) is 12.8. The average Bonchev–Trinajstić information content (AvgIpc) is 2.58. The minimum atomic E-state index is -6.17. The summed E-state index contributed by atoms with van der Waals surface area (Å²) in [6.07, 6.45) is -9.61. The minimum absolute atomic E-state index is 0.175. The van der Waals surface area contributed by atoms with Crippen LogP contribution >= 0.6 is 0 Å². The van der Waals surface area contributed by atoms with Crippen LogP contribution in [0.5, 0.6) is 0 Å². The summed E-state index contributed by atoms with van der Waals surface area (Å²) in [7, 11) is 0. The largest absolute Gasteiger partial charge is 0.435 e. The van der Waals surface area contributed by atoms with E-state index >= 15 is 0 Å². The highest BCUT2D eigenvalue weighted by Gasteiger charge is 2.73. The van der Waals surface area contributed by atoms with Crippen LogP contribution in [-0.4, -0.2) is 23.2 Å². The number of carbonyl (C=O) groups excluding carboxylic acids is 1. The molecule has 0 bridgehead atoms. The summed E-state index contributed by atoms with van der Waals surface area (Å²) in [5, 5.41) is 2.42. The van der Waals surface area contributed by atoms with Crippen LogP contribution < -0.4 is 5.32 Å². The van der Waals surface area contributed by atoms with Gasteiger partial charge in [0, 0.05) is 24.5 Å². The molecule has 3 nitrogen and oxygen atoms in total. The number of rotatable bonds is 4. The third kappa shape index (κ3) is 3.78. The Bertz CT molecular complexity index is 741. The van der Waals surface area contributed by atoms with Gasteiger partial charge < -0.3 is 5.32 Å². The van der Waals surface area contributed by atoms with Crippen LogP contribution in [0.4, 0.5) is 30.7 Å². The summed E-state index contributed by atoms with van der Waals surface area (Å²) >= 11 is 0. The maximum Gasteiger partial charge on any atom is 0.435 e. The summed E-state index contributed by atoms with van der Waals surface area (Å²) in [6.45, 7) is -0.175. The van der Waals surface area contributed by atoms with E-state index in [0.717, 1.165) is 12.1 Å². The highest BCUT2D eigenvalue weighted by molar-refractivity contribution is 5.93. The lowest BCUT2D eigenvalue weighted by molar-refractivity contribution is -0.348. The molecule has 1 heterocycles. The van der Waals surface area contributed by atoms with Gasteiger partial charge in [-0.3, -0.25) is 9.78 Å². The first kappa shape index (κ1) is 19.7. The number of nitrogens with one attached hydrogen (secondary N) is 1. The fraction of sp³-hybridized carbons (Fsp3) is 0.250. The fourth-order valence-electron chi connectivity index (χ4n) is 2.12. The summed E-state index contributed by atoms with van der Waals surface area (Å²) in [4.78, 5) is 15.5. The van der Waals surface area contributed by atoms with Gasteiger partial charge >= 0.3 is 18.0 Å². The molecule has 26 heavy (non-hydrogen) atoms. The van der Waals surface area contributed by atoms with Crippen LogP contribution in [0.2, 0.25) is 0 Å². The highest BCUT2D eigenvalue weighted by Crippen LogP contribution is 2.53. The monoisotopic (exact) mass is 380 g/mol. The van der Waals surface area contributed by atoms with Crippen molar-refractivity contribution in [3.8, 4) is 0 Å². The van der Waals surface area contributed by atoms with Crippen molar-refractivity contribution in [2.75, 3.05) is 0 Å². The number of hydrogen-bond donors (Lipinski definition) is 1. The number of hydrogen-bond acceptors (Lipinski definition) is 2. The molecule has 2 aromatic rings. The lowest BCUT2D eigenvalue weighted by Crippen LogP contribution is -2.50. The number of halogens is 7. The number of amides is 1. The van der Waals surface area contributed by atoms with E-state index in [9.17, 15) is 35.5 Å². The van der Waals surface area contributed by atoms with E-state index in [2.05, 4.69) is 10.3 Å². The SMILES string of the molecule is O=C(NCc1ccc(C(F)(C(F)(F)F)C(F)(F)F)cc1)c1cccnc1. The second kappa shape index (κ2) is 6.93. The molecule has 1 N–H and O–H groups in total. The number of aromatic nitrogens is 1. The van der Waals surface area contributed by atoms with Gasteiger partial charge in [0.2, 0.25) is 0 Å². The van der Waals surface area contributed by atoms with Crippen LogP contribution in [0.25, 0.3) is 0 Å². The Hall–Kier alpha value is -2.65. The molecule has 1 aromatic heterocycles. The van der Waals surface area contributed by atoms with Crippen molar-refractivity contribution in [1.82, 2.24) is 10.3 Å². The first-order valence-electron chi connectivity index (χ1n) is 7.07. The first-order valence-corrected chi connectivity index (χ1v) is 7.07. The van der Waals surface area contributed by atoms with E-state index < -0.39 is 29.5 Å². The average molecular weight is 380 g/mol. The van der Waals surface area contributed by atoms with Crippen LogP contribution in [0.1, 0.15) is 21.5 Å². The van der Waals surface area contributed by atoms with Gasteiger partial charge in [0.1, 0.15) is 0 Å². The zero-order valence-corrected chi connectivity index (χ0v) is 12.8. The van der Waals surface area contributed by atoms with Gasteiger partial charge in [-0.05, 0) is 17.7 Å². The van der Waals surface area contributed by atoms with Gasteiger partial charge in [0.05, 0.1) is 5.56 Å². The lowest BCUT2D eigenvalue weighted by Gasteiger charge is -2.30. The topological polar surface area (TPSA) is 42.0 Å². The first-order chi connectivity index (χ1) is 12.0. The molecule has 1 amide bonds. The maximum atomic E-state index is 13.9. The molecule has 140 valence electrons. The Morgan fingerprint density at radius 1 is 0.923 bits per heavy atom.